The third-order valence-electron chi connectivity index (χ3n) is 2.87. The number of nitrogens with one attached hydrogen (secondary N) is 1. The van der Waals surface area contributed by atoms with Crippen LogP contribution in [0.2, 0.25) is 5.02 Å². The van der Waals surface area contributed by atoms with E-state index in [-0.39, 0.29) is 6.61 Å². The van der Waals surface area contributed by atoms with Gasteiger partial charge in [-0.25, -0.2) is 4.79 Å². The van der Waals surface area contributed by atoms with Crippen LogP contribution in [0.4, 0.5) is 5.69 Å². The van der Waals surface area contributed by atoms with Crippen molar-refractivity contribution < 1.29 is 14.3 Å². The van der Waals surface area contributed by atoms with Gasteiger partial charge in [0.15, 0.2) is 6.61 Å². The second-order valence-corrected chi connectivity index (χ2v) is 6.88. The van der Waals surface area contributed by atoms with Gasteiger partial charge in [0.1, 0.15) is 0 Å². The lowest BCUT2D eigenvalue weighted by atomic mass is 10.2. The van der Waals surface area contributed by atoms with Crippen molar-refractivity contribution in [2.75, 3.05) is 11.9 Å². The van der Waals surface area contributed by atoms with Gasteiger partial charge in [0.05, 0.1) is 11.3 Å². The molecule has 120 valence electrons. The van der Waals surface area contributed by atoms with E-state index in [1.54, 1.807) is 12.1 Å². The molecule has 0 unspecified atom stereocenters. The van der Waals surface area contributed by atoms with E-state index in [1.165, 1.54) is 12.1 Å². The first kappa shape index (κ1) is 18.0. The molecule has 4 nitrogen and oxygen atoms in total. The number of halogens is 3. The summed E-state index contributed by atoms with van der Waals surface area (Å²) in [5.41, 5.74) is 1.96. The lowest BCUT2D eigenvalue weighted by Gasteiger charge is -2.11. The van der Waals surface area contributed by atoms with Gasteiger partial charge in [0.2, 0.25) is 0 Å². The molecule has 7 heteroatoms. The summed E-state index contributed by atoms with van der Waals surface area (Å²) in [6.07, 6.45) is 0. The van der Waals surface area contributed by atoms with E-state index in [0.29, 0.717) is 16.3 Å². The van der Waals surface area contributed by atoms with E-state index in [2.05, 4.69) is 37.2 Å². The first-order valence-electron chi connectivity index (χ1n) is 6.55. The number of aryl methyl sites for hydroxylation is 1. The van der Waals surface area contributed by atoms with Crippen LogP contribution in [-0.4, -0.2) is 18.5 Å². The molecule has 2 rings (SSSR count). The molecule has 23 heavy (non-hydrogen) atoms. The van der Waals surface area contributed by atoms with Gasteiger partial charge in [0, 0.05) is 14.0 Å². The fraction of sp³-hybridized carbons (Fsp3) is 0.125. The molecule has 0 aromatic heterocycles. The molecular formula is C16H12Br2ClNO3. The van der Waals surface area contributed by atoms with Crippen LogP contribution in [0.1, 0.15) is 15.9 Å². The highest BCUT2D eigenvalue weighted by molar-refractivity contribution is 9.11. The number of esters is 1. The fourth-order valence-corrected chi connectivity index (χ4v) is 3.53. The van der Waals surface area contributed by atoms with Gasteiger partial charge in [-0.2, -0.15) is 0 Å². The number of ether oxygens (including phenoxy) is 1. The fourth-order valence-electron chi connectivity index (χ4n) is 1.80. The smallest absolute Gasteiger partial charge is 0.338 e. The SMILES string of the molecule is Cc1cc(Br)c(NC(=O)COC(=O)c2ccc(Cl)cc2)c(Br)c1. The molecule has 0 aliphatic rings. The predicted molar refractivity (Wildman–Crippen MR) is 96.9 cm³/mol. The summed E-state index contributed by atoms with van der Waals surface area (Å²) in [4.78, 5) is 23.8. The zero-order chi connectivity index (χ0) is 17.0. The minimum atomic E-state index is -0.584. The molecule has 0 bridgehead atoms. The molecule has 0 fully saturated rings. The predicted octanol–water partition coefficient (Wildman–Crippen LogP) is 4.97. The topological polar surface area (TPSA) is 55.4 Å². The summed E-state index contributed by atoms with van der Waals surface area (Å²) in [7, 11) is 0. The van der Waals surface area contributed by atoms with Crippen LogP contribution in [0, 0.1) is 6.92 Å². The Balaban J connectivity index is 1.95. The molecule has 1 N–H and O–H groups in total. The van der Waals surface area contributed by atoms with Crippen molar-refractivity contribution >= 4 is 61.0 Å². The first-order valence-corrected chi connectivity index (χ1v) is 8.51. The lowest BCUT2D eigenvalue weighted by Crippen LogP contribution is -2.21. The van der Waals surface area contributed by atoms with Gasteiger partial charge in [-0.15, -0.1) is 0 Å². The Morgan fingerprint density at radius 3 is 2.26 bits per heavy atom. The van der Waals surface area contributed by atoms with Crippen molar-refractivity contribution in [2.45, 2.75) is 6.92 Å². The summed E-state index contributed by atoms with van der Waals surface area (Å²) in [5, 5.41) is 3.21. The average Bonchev–Trinajstić information content (AvgIpc) is 2.49. The third-order valence-corrected chi connectivity index (χ3v) is 4.37. The molecule has 0 saturated carbocycles. The monoisotopic (exact) mass is 459 g/mol. The Kier molecular flexibility index (Phi) is 6.21. The number of benzene rings is 2. The van der Waals surface area contributed by atoms with E-state index >= 15 is 0 Å². The first-order chi connectivity index (χ1) is 10.9. The van der Waals surface area contributed by atoms with E-state index in [9.17, 15) is 9.59 Å². The zero-order valence-corrected chi connectivity index (χ0v) is 16.0. The molecule has 0 radical (unpaired) electrons. The normalized spacial score (nSPS) is 10.3. The number of amides is 1. The number of anilines is 1. The molecule has 0 spiro atoms. The second-order valence-electron chi connectivity index (χ2n) is 4.73. The molecule has 2 aromatic carbocycles. The highest BCUT2D eigenvalue weighted by Gasteiger charge is 2.13. The number of hydrogen-bond donors (Lipinski definition) is 1. The quantitative estimate of drug-likeness (QED) is 0.655. The van der Waals surface area contributed by atoms with Crippen LogP contribution in [0.3, 0.4) is 0 Å². The van der Waals surface area contributed by atoms with Gasteiger partial charge < -0.3 is 10.1 Å². The van der Waals surface area contributed by atoms with Gasteiger partial charge >= 0.3 is 5.97 Å². The molecule has 0 saturated heterocycles. The van der Waals surface area contributed by atoms with E-state index in [1.807, 2.05) is 19.1 Å². The Bertz CT molecular complexity index is 724. The molecule has 0 atom stereocenters. The Morgan fingerprint density at radius 1 is 1.13 bits per heavy atom. The Hall–Kier alpha value is -1.37. The average molecular weight is 462 g/mol. The van der Waals surface area contributed by atoms with Crippen LogP contribution in [-0.2, 0) is 9.53 Å². The lowest BCUT2D eigenvalue weighted by molar-refractivity contribution is -0.119. The standard InChI is InChI=1S/C16H12Br2ClNO3/c1-9-6-12(17)15(13(18)7-9)20-14(21)8-23-16(22)10-2-4-11(19)5-3-10/h2-7H,8H2,1H3,(H,20,21). The number of carbonyl (C=O) groups is 2. The largest absolute Gasteiger partial charge is 0.452 e. The van der Waals surface area contributed by atoms with Crippen LogP contribution in [0.5, 0.6) is 0 Å². The van der Waals surface area contributed by atoms with Crippen LogP contribution in [0.15, 0.2) is 45.3 Å². The van der Waals surface area contributed by atoms with Crippen LogP contribution < -0.4 is 5.32 Å². The molecule has 0 heterocycles. The molecule has 0 aliphatic heterocycles. The van der Waals surface area contributed by atoms with Crippen molar-refractivity contribution in [3.05, 3.63) is 61.5 Å². The summed E-state index contributed by atoms with van der Waals surface area (Å²) < 4.78 is 6.46. The molecular weight excluding hydrogens is 449 g/mol. The minimum Gasteiger partial charge on any atom is -0.452 e. The molecule has 2 aromatic rings. The van der Waals surface area contributed by atoms with Gasteiger partial charge in [-0.3, -0.25) is 4.79 Å². The van der Waals surface area contributed by atoms with Crippen molar-refractivity contribution in [2.24, 2.45) is 0 Å². The molecule has 1 amide bonds. The second kappa shape index (κ2) is 7.95. The highest BCUT2D eigenvalue weighted by atomic mass is 79.9. The van der Waals surface area contributed by atoms with Crippen LogP contribution >= 0.6 is 43.5 Å². The summed E-state index contributed by atoms with van der Waals surface area (Å²) in [6.45, 7) is 1.56. The minimum absolute atomic E-state index is 0.333. The Morgan fingerprint density at radius 2 is 1.70 bits per heavy atom. The summed E-state index contributed by atoms with van der Waals surface area (Å²) in [5.74, 6) is -1.02. The number of rotatable bonds is 4. The zero-order valence-electron chi connectivity index (χ0n) is 12.0. The van der Waals surface area contributed by atoms with Gasteiger partial charge in [-0.1, -0.05) is 11.6 Å². The maximum atomic E-state index is 11.9. The van der Waals surface area contributed by atoms with Crippen molar-refractivity contribution in [3.8, 4) is 0 Å². The van der Waals surface area contributed by atoms with E-state index in [4.69, 9.17) is 16.3 Å². The summed E-state index contributed by atoms with van der Waals surface area (Å²) in [6, 6.07) is 9.99. The third kappa shape index (κ3) is 5.06. The van der Waals surface area contributed by atoms with Gasteiger partial charge in [0.25, 0.3) is 5.91 Å². The maximum Gasteiger partial charge on any atom is 0.338 e. The Labute approximate surface area is 155 Å². The van der Waals surface area contributed by atoms with Crippen molar-refractivity contribution in [1.82, 2.24) is 0 Å². The number of hydrogen-bond acceptors (Lipinski definition) is 3. The molecule has 0 aliphatic carbocycles. The maximum absolute atomic E-state index is 11.9. The van der Waals surface area contributed by atoms with E-state index in [0.717, 1.165) is 14.5 Å². The van der Waals surface area contributed by atoms with Gasteiger partial charge in [-0.05, 0) is 80.7 Å². The van der Waals surface area contributed by atoms with E-state index < -0.39 is 11.9 Å². The summed E-state index contributed by atoms with van der Waals surface area (Å²) >= 11 is 12.5. The van der Waals surface area contributed by atoms with Crippen molar-refractivity contribution in [3.63, 3.8) is 0 Å². The van der Waals surface area contributed by atoms with Crippen molar-refractivity contribution in [1.29, 1.82) is 0 Å². The number of carbonyl (C=O) groups excluding carboxylic acids is 2. The van der Waals surface area contributed by atoms with Crippen LogP contribution in [0.25, 0.3) is 0 Å². The highest BCUT2D eigenvalue weighted by Crippen LogP contribution is 2.32.